The molecule has 1 aromatic heterocycles. The maximum Gasteiger partial charge on any atom is 0.223 e. The van der Waals surface area contributed by atoms with E-state index >= 15 is 0 Å². The average Bonchev–Trinajstić information content (AvgIpc) is 3.26. The summed E-state index contributed by atoms with van der Waals surface area (Å²) in [6.07, 6.45) is 4.09. The number of ether oxygens (including phenoxy) is 1. The molecule has 0 saturated heterocycles. The van der Waals surface area contributed by atoms with Gasteiger partial charge in [-0.1, -0.05) is 0 Å². The second kappa shape index (κ2) is 7.24. The Balaban J connectivity index is 1.32. The van der Waals surface area contributed by atoms with E-state index < -0.39 is 0 Å². The molecule has 3 rings (SSSR count). The molecule has 2 heterocycles. The van der Waals surface area contributed by atoms with Gasteiger partial charge in [0, 0.05) is 36.7 Å². The molecule has 0 bridgehead atoms. The van der Waals surface area contributed by atoms with Crippen LogP contribution in [0.4, 0.5) is 0 Å². The van der Waals surface area contributed by atoms with Crippen LogP contribution in [0.3, 0.4) is 0 Å². The van der Waals surface area contributed by atoms with E-state index in [0.717, 1.165) is 25.9 Å². The molecule has 5 nitrogen and oxygen atoms in total. The summed E-state index contributed by atoms with van der Waals surface area (Å²) in [5, 5.41) is 7.89. The van der Waals surface area contributed by atoms with E-state index in [1.54, 1.807) is 11.3 Å². The molecule has 22 heavy (non-hydrogen) atoms. The standard InChI is InChI=1S/C16H22N2O3S/c19-15(2-1-7-17-16(20)11-3-4-11)18-10-13-12-6-9-22-14(12)5-8-21-13/h6,9,11,13H,1-5,7-8,10H2,(H,17,20)(H,18,19)/t13-/m0/s1. The lowest BCUT2D eigenvalue weighted by molar-refractivity contribution is -0.123. The van der Waals surface area contributed by atoms with Gasteiger partial charge in [0.2, 0.25) is 11.8 Å². The Bertz CT molecular complexity index is 539. The fourth-order valence-corrected chi connectivity index (χ4v) is 3.55. The number of amides is 2. The van der Waals surface area contributed by atoms with E-state index in [1.165, 1.54) is 10.4 Å². The Morgan fingerprint density at radius 2 is 2.18 bits per heavy atom. The fourth-order valence-electron chi connectivity index (χ4n) is 2.64. The van der Waals surface area contributed by atoms with Gasteiger partial charge in [0.05, 0.1) is 6.61 Å². The highest BCUT2D eigenvalue weighted by Crippen LogP contribution is 2.30. The van der Waals surface area contributed by atoms with Gasteiger partial charge < -0.3 is 15.4 Å². The van der Waals surface area contributed by atoms with Gasteiger partial charge in [0.15, 0.2) is 0 Å². The highest BCUT2D eigenvalue weighted by atomic mass is 32.1. The summed E-state index contributed by atoms with van der Waals surface area (Å²) < 4.78 is 5.74. The molecule has 120 valence electrons. The van der Waals surface area contributed by atoms with Crippen molar-refractivity contribution in [3.63, 3.8) is 0 Å². The van der Waals surface area contributed by atoms with Crippen molar-refractivity contribution in [2.75, 3.05) is 19.7 Å². The Morgan fingerprint density at radius 3 is 3.00 bits per heavy atom. The molecule has 2 N–H and O–H groups in total. The Labute approximate surface area is 134 Å². The fraction of sp³-hybridized carbons (Fsp3) is 0.625. The summed E-state index contributed by atoms with van der Waals surface area (Å²) in [5.41, 5.74) is 1.22. The van der Waals surface area contributed by atoms with Crippen LogP contribution in [0.25, 0.3) is 0 Å². The second-order valence-electron chi connectivity index (χ2n) is 5.88. The summed E-state index contributed by atoms with van der Waals surface area (Å²) in [6.45, 7) is 1.83. The molecule has 0 aromatic carbocycles. The lowest BCUT2D eigenvalue weighted by Gasteiger charge is -2.23. The molecule has 1 atom stereocenters. The van der Waals surface area contributed by atoms with E-state index in [-0.39, 0.29) is 23.8 Å². The van der Waals surface area contributed by atoms with Crippen molar-refractivity contribution in [2.45, 2.75) is 38.2 Å². The molecular formula is C16H22N2O3S. The maximum atomic E-state index is 11.9. The van der Waals surface area contributed by atoms with Crippen molar-refractivity contribution in [1.29, 1.82) is 0 Å². The number of nitrogens with one attached hydrogen (secondary N) is 2. The maximum absolute atomic E-state index is 11.9. The molecule has 0 spiro atoms. The monoisotopic (exact) mass is 322 g/mol. The molecule has 0 radical (unpaired) electrons. The van der Waals surface area contributed by atoms with Crippen LogP contribution in [0.15, 0.2) is 11.4 Å². The Kier molecular flexibility index (Phi) is 5.10. The molecule has 1 aliphatic carbocycles. The molecular weight excluding hydrogens is 300 g/mol. The van der Waals surface area contributed by atoms with Gasteiger partial charge in [-0.25, -0.2) is 0 Å². The molecule has 1 saturated carbocycles. The van der Waals surface area contributed by atoms with E-state index in [9.17, 15) is 9.59 Å². The second-order valence-corrected chi connectivity index (χ2v) is 6.88. The first-order valence-electron chi connectivity index (χ1n) is 7.96. The predicted molar refractivity (Wildman–Crippen MR) is 84.7 cm³/mol. The number of hydrogen-bond acceptors (Lipinski definition) is 4. The topological polar surface area (TPSA) is 67.4 Å². The number of fused-ring (bicyclic) bond motifs is 1. The minimum absolute atomic E-state index is 0.0199. The Morgan fingerprint density at radius 1 is 1.32 bits per heavy atom. The van der Waals surface area contributed by atoms with Crippen LogP contribution in [0.2, 0.25) is 0 Å². The minimum atomic E-state index is -0.0199. The molecule has 1 aromatic rings. The van der Waals surface area contributed by atoms with Crippen LogP contribution in [0.5, 0.6) is 0 Å². The van der Waals surface area contributed by atoms with Gasteiger partial charge in [0.25, 0.3) is 0 Å². The first kappa shape index (κ1) is 15.5. The highest BCUT2D eigenvalue weighted by molar-refractivity contribution is 7.10. The quantitative estimate of drug-likeness (QED) is 0.752. The largest absolute Gasteiger partial charge is 0.371 e. The first-order chi connectivity index (χ1) is 10.7. The van der Waals surface area contributed by atoms with Crippen LogP contribution in [0, 0.1) is 5.92 Å². The van der Waals surface area contributed by atoms with Crippen molar-refractivity contribution in [3.05, 3.63) is 21.9 Å². The summed E-state index contributed by atoms with van der Waals surface area (Å²) in [5.74, 6) is 0.393. The van der Waals surface area contributed by atoms with Gasteiger partial charge in [-0.2, -0.15) is 0 Å². The smallest absolute Gasteiger partial charge is 0.223 e. The van der Waals surface area contributed by atoms with Gasteiger partial charge >= 0.3 is 0 Å². The number of carbonyl (C=O) groups excluding carboxylic acids is 2. The number of carbonyl (C=O) groups is 2. The number of thiophene rings is 1. The van der Waals surface area contributed by atoms with Crippen molar-refractivity contribution >= 4 is 23.2 Å². The summed E-state index contributed by atoms with van der Waals surface area (Å²) in [4.78, 5) is 24.7. The van der Waals surface area contributed by atoms with Gasteiger partial charge in [-0.3, -0.25) is 9.59 Å². The molecule has 1 fully saturated rings. The van der Waals surface area contributed by atoms with Crippen molar-refractivity contribution in [2.24, 2.45) is 5.92 Å². The van der Waals surface area contributed by atoms with Crippen molar-refractivity contribution < 1.29 is 14.3 Å². The van der Waals surface area contributed by atoms with Gasteiger partial charge in [-0.15, -0.1) is 11.3 Å². The third-order valence-corrected chi connectivity index (χ3v) is 5.08. The third kappa shape index (κ3) is 4.08. The number of hydrogen-bond donors (Lipinski definition) is 2. The summed E-state index contributed by atoms with van der Waals surface area (Å²) in [7, 11) is 0. The molecule has 1 aliphatic heterocycles. The zero-order valence-corrected chi connectivity index (χ0v) is 13.4. The van der Waals surface area contributed by atoms with Gasteiger partial charge in [-0.05, 0) is 36.3 Å². The first-order valence-corrected chi connectivity index (χ1v) is 8.84. The Hall–Kier alpha value is -1.40. The third-order valence-electron chi connectivity index (χ3n) is 4.09. The summed E-state index contributed by atoms with van der Waals surface area (Å²) in [6, 6.07) is 2.09. The molecule has 0 unspecified atom stereocenters. The van der Waals surface area contributed by atoms with Crippen LogP contribution in [-0.4, -0.2) is 31.5 Å². The zero-order valence-electron chi connectivity index (χ0n) is 12.6. The minimum Gasteiger partial charge on any atom is -0.371 e. The number of rotatable bonds is 7. The van der Waals surface area contributed by atoms with Crippen molar-refractivity contribution in [3.8, 4) is 0 Å². The molecule has 6 heteroatoms. The lowest BCUT2D eigenvalue weighted by atomic mass is 10.1. The van der Waals surface area contributed by atoms with Crippen LogP contribution in [0.1, 0.15) is 42.2 Å². The van der Waals surface area contributed by atoms with Crippen molar-refractivity contribution in [1.82, 2.24) is 10.6 Å². The lowest BCUT2D eigenvalue weighted by Crippen LogP contribution is -2.32. The van der Waals surface area contributed by atoms with Crippen LogP contribution in [-0.2, 0) is 20.7 Å². The van der Waals surface area contributed by atoms with E-state index in [0.29, 0.717) is 25.9 Å². The van der Waals surface area contributed by atoms with E-state index in [1.807, 2.05) is 0 Å². The predicted octanol–water partition coefficient (Wildman–Crippen LogP) is 1.78. The normalized spacial score (nSPS) is 20.3. The zero-order chi connectivity index (χ0) is 15.4. The van der Waals surface area contributed by atoms with Crippen LogP contribution >= 0.6 is 11.3 Å². The highest BCUT2D eigenvalue weighted by Gasteiger charge is 2.29. The molecule has 2 amide bonds. The summed E-state index contributed by atoms with van der Waals surface area (Å²) >= 11 is 1.76. The SMILES string of the molecule is O=C(CCCNC(=O)C1CC1)NC[C@@H]1OCCc2sccc21. The molecule has 2 aliphatic rings. The average molecular weight is 322 g/mol. The van der Waals surface area contributed by atoms with Gasteiger partial charge in [0.1, 0.15) is 6.10 Å². The van der Waals surface area contributed by atoms with E-state index in [4.69, 9.17) is 4.74 Å². The van der Waals surface area contributed by atoms with Crippen LogP contribution < -0.4 is 10.6 Å². The van der Waals surface area contributed by atoms with E-state index in [2.05, 4.69) is 22.1 Å².